The monoisotopic (exact) mass is 712 g/mol. The fourth-order valence-electron chi connectivity index (χ4n) is 7.33. The largest absolute Gasteiger partial charge is 0.480 e. The Labute approximate surface area is 297 Å². The molecule has 0 aliphatic carbocycles. The van der Waals surface area contributed by atoms with Crippen LogP contribution in [0.5, 0.6) is 0 Å². The molecule has 13 nitrogen and oxygen atoms in total. The molecule has 0 radical (unpaired) electrons. The minimum absolute atomic E-state index is 0.161. The predicted octanol–water partition coefficient (Wildman–Crippen LogP) is 4.88. The lowest BCUT2D eigenvalue weighted by atomic mass is 9.67. The van der Waals surface area contributed by atoms with E-state index in [4.69, 9.17) is 0 Å². The van der Waals surface area contributed by atoms with E-state index in [1.54, 1.807) is 16.4 Å². The Kier molecular flexibility index (Phi) is 9.93. The highest BCUT2D eigenvalue weighted by Gasteiger charge is 2.41. The third-order valence-corrected chi connectivity index (χ3v) is 12.3. The summed E-state index contributed by atoms with van der Waals surface area (Å²) in [6.45, 7) is 12.6. The summed E-state index contributed by atoms with van der Waals surface area (Å²) in [7, 11) is -3.78. The van der Waals surface area contributed by atoms with E-state index in [0.717, 1.165) is 55.5 Å². The van der Waals surface area contributed by atoms with Crippen LogP contribution < -0.4 is 0 Å². The maximum absolute atomic E-state index is 14.4. The van der Waals surface area contributed by atoms with Crippen LogP contribution in [0.25, 0.3) is 11.0 Å². The molecule has 0 saturated heterocycles. The first kappa shape index (κ1) is 36.0. The van der Waals surface area contributed by atoms with Crippen LogP contribution in [0.15, 0.2) is 59.5 Å². The second-order valence-electron chi connectivity index (χ2n) is 14.0. The van der Waals surface area contributed by atoms with Crippen LogP contribution in [0, 0.1) is 25.2 Å². The number of ketones is 1. The summed E-state index contributed by atoms with van der Waals surface area (Å²) in [5, 5.41) is 29.6. The van der Waals surface area contributed by atoms with Crippen molar-refractivity contribution < 1.29 is 23.1 Å². The average molecular weight is 713 g/mol. The lowest BCUT2D eigenvalue weighted by Crippen LogP contribution is -2.35. The number of Topliss-reactive ketones (excluding diaryl/α,β-unsaturated/α-hetero) is 1. The third-order valence-electron chi connectivity index (χ3n) is 10.4. The van der Waals surface area contributed by atoms with E-state index in [9.17, 15) is 23.1 Å². The molecule has 0 fully saturated rings. The van der Waals surface area contributed by atoms with E-state index in [2.05, 4.69) is 32.8 Å². The molecule has 2 aromatic heterocycles. The zero-order valence-corrected chi connectivity index (χ0v) is 30.7. The van der Waals surface area contributed by atoms with Gasteiger partial charge in [0, 0.05) is 31.0 Å². The van der Waals surface area contributed by atoms with Gasteiger partial charge in [0.2, 0.25) is 10.0 Å². The number of aliphatic carboxylic acids is 1. The van der Waals surface area contributed by atoms with Gasteiger partial charge < -0.3 is 5.11 Å². The highest BCUT2D eigenvalue weighted by Crippen LogP contribution is 2.45. The summed E-state index contributed by atoms with van der Waals surface area (Å²) in [4.78, 5) is 26.2. The van der Waals surface area contributed by atoms with Gasteiger partial charge in [-0.25, -0.2) is 17.8 Å². The van der Waals surface area contributed by atoms with Gasteiger partial charge in [-0.05, 0) is 89.1 Å². The molecule has 2 atom stereocenters. The Morgan fingerprint density at radius 3 is 2.49 bits per heavy atom. The van der Waals surface area contributed by atoms with Gasteiger partial charge in [0.1, 0.15) is 17.8 Å². The van der Waals surface area contributed by atoms with Crippen molar-refractivity contribution in [3.8, 4) is 0 Å². The molecule has 0 unspecified atom stereocenters. The van der Waals surface area contributed by atoms with Gasteiger partial charge >= 0.3 is 5.97 Å². The Morgan fingerprint density at radius 2 is 1.76 bits per heavy atom. The molecule has 0 bridgehead atoms. The summed E-state index contributed by atoms with van der Waals surface area (Å²) in [5.41, 5.74) is 5.79. The third kappa shape index (κ3) is 6.81. The molecule has 5 aromatic rings. The van der Waals surface area contributed by atoms with Gasteiger partial charge in [-0.3, -0.25) is 9.59 Å². The summed E-state index contributed by atoms with van der Waals surface area (Å²) in [5.74, 6) is -1.49. The summed E-state index contributed by atoms with van der Waals surface area (Å²) >= 11 is 0. The van der Waals surface area contributed by atoms with Crippen molar-refractivity contribution in [2.75, 3.05) is 6.54 Å². The number of aromatic nitrogens is 7. The molecular formula is C37H44N8O5S. The maximum atomic E-state index is 14.4. The number of sulfonamides is 1. The molecule has 3 aromatic carbocycles. The van der Waals surface area contributed by atoms with Crippen LogP contribution in [0.1, 0.15) is 79.2 Å². The smallest absolute Gasteiger partial charge is 0.325 e. The first-order chi connectivity index (χ1) is 24.3. The van der Waals surface area contributed by atoms with Gasteiger partial charge in [0.05, 0.1) is 16.8 Å². The number of hydrogen-bond donors (Lipinski definition) is 1. The van der Waals surface area contributed by atoms with Crippen molar-refractivity contribution in [2.45, 2.75) is 91.3 Å². The number of benzene rings is 3. The number of carbonyl (C=O) groups is 2. The van der Waals surface area contributed by atoms with Gasteiger partial charge in [0.15, 0.2) is 5.82 Å². The van der Waals surface area contributed by atoms with Crippen molar-refractivity contribution >= 4 is 32.8 Å². The Bertz CT molecular complexity index is 2220. The van der Waals surface area contributed by atoms with Crippen molar-refractivity contribution in [3.63, 3.8) is 0 Å². The lowest BCUT2D eigenvalue weighted by molar-refractivity contribution is -0.138. The van der Waals surface area contributed by atoms with Gasteiger partial charge in [-0.15, -0.1) is 10.2 Å². The molecule has 1 N–H and O–H groups in total. The van der Waals surface area contributed by atoms with Crippen LogP contribution in [-0.4, -0.2) is 71.3 Å². The minimum Gasteiger partial charge on any atom is -0.480 e. The molecule has 14 heteroatoms. The first-order valence-corrected chi connectivity index (χ1v) is 18.7. The van der Waals surface area contributed by atoms with Crippen LogP contribution in [-0.2, 0) is 52.1 Å². The number of rotatable bonds is 12. The summed E-state index contributed by atoms with van der Waals surface area (Å²) in [6.07, 6.45) is 1.36. The number of tetrazole rings is 1. The highest BCUT2D eigenvalue weighted by atomic mass is 32.2. The second-order valence-corrected chi connectivity index (χ2v) is 15.9. The molecule has 0 saturated carbocycles. The number of carboxylic acids is 1. The topological polar surface area (TPSA) is 166 Å². The van der Waals surface area contributed by atoms with Crippen molar-refractivity contribution in [1.29, 1.82) is 0 Å². The molecule has 3 heterocycles. The number of carboxylic acid groups (broad SMARTS) is 1. The lowest BCUT2D eigenvalue weighted by Gasteiger charge is -2.35. The zero-order valence-electron chi connectivity index (χ0n) is 29.9. The van der Waals surface area contributed by atoms with Gasteiger partial charge in [-0.2, -0.15) is 4.31 Å². The quantitative estimate of drug-likeness (QED) is 0.188. The van der Waals surface area contributed by atoms with Crippen molar-refractivity contribution in [2.24, 2.45) is 11.3 Å². The second kappa shape index (κ2) is 14.1. The predicted molar refractivity (Wildman–Crippen MR) is 190 cm³/mol. The fraction of sp³-hybridized carbons (Fsp3) is 0.432. The number of aryl methyl sites for hydroxylation is 3. The van der Waals surface area contributed by atoms with Crippen molar-refractivity contribution in [3.05, 3.63) is 93.8 Å². The fourth-order valence-corrected chi connectivity index (χ4v) is 9.05. The molecule has 1 aliphatic heterocycles. The number of carbonyl (C=O) groups excluding carboxylic acids is 1. The van der Waals surface area contributed by atoms with E-state index >= 15 is 0 Å². The van der Waals surface area contributed by atoms with Crippen LogP contribution in [0.3, 0.4) is 0 Å². The van der Waals surface area contributed by atoms with Crippen molar-refractivity contribution in [1.82, 2.24) is 39.5 Å². The van der Waals surface area contributed by atoms with Gasteiger partial charge in [0.25, 0.3) is 0 Å². The Hall–Kier alpha value is -4.82. The van der Waals surface area contributed by atoms with E-state index in [-0.39, 0.29) is 30.5 Å². The van der Waals surface area contributed by atoms with Crippen LogP contribution in [0.2, 0.25) is 0 Å². The molecule has 0 amide bonds. The number of hydrogen-bond acceptors (Lipinski definition) is 9. The Morgan fingerprint density at radius 1 is 1.00 bits per heavy atom. The summed E-state index contributed by atoms with van der Waals surface area (Å²) in [6, 6.07) is 17.3. The Balaban J connectivity index is 1.45. The molecule has 6 rings (SSSR count). The molecule has 51 heavy (non-hydrogen) atoms. The van der Waals surface area contributed by atoms with Crippen LogP contribution in [0.4, 0.5) is 0 Å². The van der Waals surface area contributed by atoms with E-state index in [0.29, 0.717) is 24.4 Å². The molecule has 0 spiro atoms. The van der Waals surface area contributed by atoms with Gasteiger partial charge in [-0.1, -0.05) is 74.9 Å². The van der Waals surface area contributed by atoms with E-state index in [1.165, 1.54) is 0 Å². The molecule has 1 aliphatic rings. The molecule has 268 valence electrons. The average Bonchev–Trinajstić information content (AvgIpc) is 3.70. The number of fused-ring (bicyclic) bond motifs is 2. The SMILES string of the molecule is CC[C@H]1Cc2ccccc2S(=O)(=O)N(Cc2cc([C@@H](c3ccc4c(nnn4CC)c3C)C(C)(C)C(=O)Cc3nnnn3CC(=O)O)ccc2C)C1. The summed E-state index contributed by atoms with van der Waals surface area (Å²) < 4.78 is 32.8. The zero-order chi connectivity index (χ0) is 36.7. The first-order valence-electron chi connectivity index (χ1n) is 17.3. The highest BCUT2D eigenvalue weighted by molar-refractivity contribution is 7.89. The van der Waals surface area contributed by atoms with E-state index < -0.39 is 33.9 Å². The normalized spacial score (nSPS) is 16.9. The van der Waals surface area contributed by atoms with Crippen LogP contribution >= 0.6 is 0 Å². The maximum Gasteiger partial charge on any atom is 0.325 e. The molecular weight excluding hydrogens is 669 g/mol. The number of nitrogens with zero attached hydrogens (tertiary/aromatic N) is 8. The van der Waals surface area contributed by atoms with E-state index in [1.807, 2.05) is 81.8 Å². The minimum atomic E-state index is -3.78. The standard InChI is InChI=1S/C37H44N8O5S/c1-7-25-17-26-11-9-10-12-31(26)51(49,50)43(20-25)21-28-18-27(14-13-23(28)3)35(29-15-16-30-36(24(29)4)39-41-44(30)8-2)37(5,6)32(46)19-33-38-40-42-45(33)22-34(47)48/h9-16,18,25,35H,7-8,17,19-22H2,1-6H3,(H,47,48)/t25-,35-/m0/s1.